The molecule has 1 aromatic carbocycles. The number of carbonyl (C=O) groups excluding carboxylic acids is 1. The number of benzene rings is 1. The molecule has 1 aromatic heterocycles. The standard InChI is InChI=1S/C21H29N3O2/c1-4-11-26-15-19-9-10-23(13-19)21(25)20-7-5-18(6-8-20)14-24-17(3)12-16(2)22-24/h5-8,12,19H,4,9-11,13-15H2,1-3H3/t19-/m1/s1. The van der Waals surface area contributed by atoms with E-state index in [4.69, 9.17) is 4.74 Å². The van der Waals surface area contributed by atoms with Gasteiger partial charge < -0.3 is 9.64 Å². The van der Waals surface area contributed by atoms with Gasteiger partial charge in [0.15, 0.2) is 0 Å². The van der Waals surface area contributed by atoms with Gasteiger partial charge >= 0.3 is 0 Å². The first-order valence-electron chi connectivity index (χ1n) is 9.54. The lowest BCUT2D eigenvalue weighted by molar-refractivity contribution is 0.0754. The molecule has 0 radical (unpaired) electrons. The summed E-state index contributed by atoms with van der Waals surface area (Å²) in [5, 5.41) is 4.49. The lowest BCUT2D eigenvalue weighted by Gasteiger charge is -2.17. The summed E-state index contributed by atoms with van der Waals surface area (Å²) in [6.45, 7) is 10.1. The van der Waals surface area contributed by atoms with Crippen LogP contribution in [-0.2, 0) is 11.3 Å². The Morgan fingerprint density at radius 3 is 2.69 bits per heavy atom. The topological polar surface area (TPSA) is 47.4 Å². The molecule has 2 heterocycles. The quantitative estimate of drug-likeness (QED) is 0.715. The van der Waals surface area contributed by atoms with Crippen LogP contribution < -0.4 is 0 Å². The fraction of sp³-hybridized carbons (Fsp3) is 0.524. The number of carbonyl (C=O) groups is 1. The molecule has 26 heavy (non-hydrogen) atoms. The average Bonchev–Trinajstić information content (AvgIpc) is 3.22. The molecule has 1 aliphatic rings. The predicted molar refractivity (Wildman–Crippen MR) is 102 cm³/mol. The van der Waals surface area contributed by atoms with E-state index in [1.807, 2.05) is 40.8 Å². The highest BCUT2D eigenvalue weighted by molar-refractivity contribution is 5.94. The van der Waals surface area contributed by atoms with Crippen LogP contribution in [0.15, 0.2) is 30.3 Å². The highest BCUT2D eigenvalue weighted by Crippen LogP contribution is 2.19. The van der Waals surface area contributed by atoms with Crippen molar-refractivity contribution in [2.45, 2.75) is 40.2 Å². The number of hydrogen-bond donors (Lipinski definition) is 0. The second-order valence-electron chi connectivity index (χ2n) is 7.26. The van der Waals surface area contributed by atoms with Gasteiger partial charge in [-0.2, -0.15) is 5.10 Å². The summed E-state index contributed by atoms with van der Waals surface area (Å²) in [4.78, 5) is 14.7. The molecule has 1 fully saturated rings. The van der Waals surface area contributed by atoms with Crippen molar-refractivity contribution in [3.05, 3.63) is 52.8 Å². The molecule has 1 amide bonds. The van der Waals surface area contributed by atoms with Gasteiger partial charge in [-0.25, -0.2) is 0 Å². The Balaban J connectivity index is 1.56. The van der Waals surface area contributed by atoms with Gasteiger partial charge in [-0.15, -0.1) is 0 Å². The van der Waals surface area contributed by atoms with E-state index < -0.39 is 0 Å². The van der Waals surface area contributed by atoms with Gasteiger partial charge in [0.25, 0.3) is 5.91 Å². The minimum atomic E-state index is 0.126. The summed E-state index contributed by atoms with van der Waals surface area (Å²) in [6, 6.07) is 10.0. The van der Waals surface area contributed by atoms with E-state index in [-0.39, 0.29) is 5.91 Å². The number of aryl methyl sites for hydroxylation is 2. The van der Waals surface area contributed by atoms with Crippen LogP contribution in [0.3, 0.4) is 0 Å². The number of likely N-dealkylation sites (tertiary alicyclic amines) is 1. The SMILES string of the molecule is CCCOC[C@@H]1CCN(C(=O)c2ccc(Cn3nc(C)cc3C)cc2)C1. The Hall–Kier alpha value is -2.14. The fourth-order valence-electron chi connectivity index (χ4n) is 3.49. The summed E-state index contributed by atoms with van der Waals surface area (Å²) in [7, 11) is 0. The molecule has 1 atom stereocenters. The molecule has 0 spiro atoms. The highest BCUT2D eigenvalue weighted by Gasteiger charge is 2.26. The van der Waals surface area contributed by atoms with Crippen LogP contribution in [0.4, 0.5) is 0 Å². The van der Waals surface area contributed by atoms with E-state index >= 15 is 0 Å². The minimum absolute atomic E-state index is 0.126. The largest absolute Gasteiger partial charge is 0.381 e. The molecule has 0 bridgehead atoms. The Labute approximate surface area is 156 Å². The van der Waals surface area contributed by atoms with Crippen LogP contribution in [0.1, 0.15) is 47.1 Å². The van der Waals surface area contributed by atoms with Gasteiger partial charge in [-0.3, -0.25) is 9.48 Å². The van der Waals surface area contributed by atoms with Gasteiger partial charge in [0.2, 0.25) is 0 Å². The zero-order valence-electron chi connectivity index (χ0n) is 16.1. The molecule has 2 aromatic rings. The Morgan fingerprint density at radius 2 is 2.04 bits per heavy atom. The van der Waals surface area contributed by atoms with Crippen molar-refractivity contribution in [3.63, 3.8) is 0 Å². The van der Waals surface area contributed by atoms with Crippen LogP contribution in [0.25, 0.3) is 0 Å². The van der Waals surface area contributed by atoms with Crippen LogP contribution >= 0.6 is 0 Å². The van der Waals surface area contributed by atoms with E-state index in [2.05, 4.69) is 25.0 Å². The molecule has 0 N–H and O–H groups in total. The first kappa shape index (κ1) is 18.6. The van der Waals surface area contributed by atoms with E-state index in [0.717, 1.165) is 68.2 Å². The van der Waals surface area contributed by atoms with Crippen molar-refractivity contribution >= 4 is 5.91 Å². The van der Waals surface area contributed by atoms with Crippen molar-refractivity contribution in [2.75, 3.05) is 26.3 Å². The first-order valence-corrected chi connectivity index (χ1v) is 9.54. The molecule has 140 valence electrons. The van der Waals surface area contributed by atoms with Crippen molar-refractivity contribution in [1.29, 1.82) is 0 Å². The van der Waals surface area contributed by atoms with E-state index in [9.17, 15) is 4.79 Å². The average molecular weight is 355 g/mol. The van der Waals surface area contributed by atoms with Crippen LogP contribution in [0.5, 0.6) is 0 Å². The third-order valence-electron chi connectivity index (χ3n) is 4.91. The highest BCUT2D eigenvalue weighted by atomic mass is 16.5. The third kappa shape index (κ3) is 4.52. The van der Waals surface area contributed by atoms with Crippen LogP contribution in [-0.4, -0.2) is 46.9 Å². The number of aromatic nitrogens is 2. The van der Waals surface area contributed by atoms with Crippen molar-refractivity contribution in [1.82, 2.24) is 14.7 Å². The van der Waals surface area contributed by atoms with Crippen molar-refractivity contribution in [2.24, 2.45) is 5.92 Å². The van der Waals surface area contributed by atoms with Gasteiger partial charge in [0.05, 0.1) is 18.8 Å². The van der Waals surface area contributed by atoms with Gasteiger partial charge in [-0.05, 0) is 50.5 Å². The summed E-state index contributed by atoms with van der Waals surface area (Å²) < 4.78 is 7.63. The maximum absolute atomic E-state index is 12.7. The minimum Gasteiger partial charge on any atom is -0.381 e. The second kappa shape index (κ2) is 8.49. The second-order valence-corrected chi connectivity index (χ2v) is 7.26. The summed E-state index contributed by atoms with van der Waals surface area (Å²) in [5.41, 5.74) is 4.09. The molecule has 5 heteroatoms. The third-order valence-corrected chi connectivity index (χ3v) is 4.91. The van der Waals surface area contributed by atoms with Gasteiger partial charge in [0, 0.05) is 36.9 Å². The molecule has 1 aliphatic heterocycles. The maximum atomic E-state index is 12.7. The summed E-state index contributed by atoms with van der Waals surface area (Å²) in [5.74, 6) is 0.594. The van der Waals surface area contributed by atoms with Gasteiger partial charge in [0.1, 0.15) is 0 Å². The molecular weight excluding hydrogens is 326 g/mol. The molecule has 0 unspecified atom stereocenters. The number of hydrogen-bond acceptors (Lipinski definition) is 3. The molecule has 0 saturated carbocycles. The number of amides is 1. The van der Waals surface area contributed by atoms with Crippen molar-refractivity contribution in [3.8, 4) is 0 Å². The van der Waals surface area contributed by atoms with Gasteiger partial charge in [-0.1, -0.05) is 19.1 Å². The molecule has 5 nitrogen and oxygen atoms in total. The molecule has 0 aliphatic carbocycles. The maximum Gasteiger partial charge on any atom is 0.253 e. The van der Waals surface area contributed by atoms with Crippen LogP contribution in [0.2, 0.25) is 0 Å². The molecular formula is C21H29N3O2. The summed E-state index contributed by atoms with van der Waals surface area (Å²) >= 11 is 0. The van der Waals surface area contributed by atoms with E-state index in [1.54, 1.807) is 0 Å². The summed E-state index contributed by atoms with van der Waals surface area (Å²) in [6.07, 6.45) is 2.07. The lowest BCUT2D eigenvalue weighted by atomic mass is 10.1. The smallest absolute Gasteiger partial charge is 0.253 e. The van der Waals surface area contributed by atoms with Crippen molar-refractivity contribution < 1.29 is 9.53 Å². The molecule has 3 rings (SSSR count). The number of rotatable bonds is 7. The Bertz CT molecular complexity index is 736. The fourth-order valence-corrected chi connectivity index (χ4v) is 3.49. The zero-order valence-corrected chi connectivity index (χ0v) is 16.1. The van der Waals surface area contributed by atoms with E-state index in [0.29, 0.717) is 5.92 Å². The zero-order chi connectivity index (χ0) is 18.5. The normalized spacial score (nSPS) is 17.0. The Morgan fingerprint density at radius 1 is 1.27 bits per heavy atom. The Kier molecular flexibility index (Phi) is 6.09. The first-order chi connectivity index (χ1) is 12.6. The number of ether oxygens (including phenoxy) is 1. The molecule has 1 saturated heterocycles. The monoisotopic (exact) mass is 355 g/mol. The van der Waals surface area contributed by atoms with Crippen LogP contribution in [0, 0.1) is 19.8 Å². The van der Waals surface area contributed by atoms with E-state index in [1.165, 1.54) is 0 Å². The predicted octanol–water partition coefficient (Wildman–Crippen LogP) is 3.44. The number of nitrogens with zero attached hydrogens (tertiary/aromatic N) is 3. The lowest BCUT2D eigenvalue weighted by Crippen LogP contribution is -2.29.